The van der Waals surface area contributed by atoms with Gasteiger partial charge in [-0.15, -0.1) is 0 Å². The van der Waals surface area contributed by atoms with E-state index in [0.717, 1.165) is 31.0 Å². The van der Waals surface area contributed by atoms with Gasteiger partial charge in [-0.1, -0.05) is 37.6 Å². The quantitative estimate of drug-likeness (QED) is 0.887. The Bertz CT molecular complexity index is 486. The van der Waals surface area contributed by atoms with E-state index in [1.807, 2.05) is 6.07 Å². The summed E-state index contributed by atoms with van der Waals surface area (Å²) in [5.74, 6) is 1.63. The summed E-state index contributed by atoms with van der Waals surface area (Å²) in [6, 6.07) is 8.11. The number of carbonyl (C=O) groups excluding carboxylic acids is 1. The summed E-state index contributed by atoms with van der Waals surface area (Å²) in [6.45, 7) is 4.03. The Kier molecular flexibility index (Phi) is 4.06. The van der Waals surface area contributed by atoms with Gasteiger partial charge in [-0.3, -0.25) is 4.79 Å². The fraction of sp³-hybridized carbons (Fsp3) is 0.588. The maximum Gasteiger partial charge on any atom is 0.241 e. The third-order valence-corrected chi connectivity index (χ3v) is 4.74. The van der Waals surface area contributed by atoms with Crippen LogP contribution in [0.5, 0.6) is 0 Å². The lowest BCUT2D eigenvalue weighted by Gasteiger charge is -2.26. The molecular formula is C17H24N2O. The molecule has 0 aromatic heterocycles. The fourth-order valence-corrected chi connectivity index (χ4v) is 3.60. The molecule has 1 aliphatic carbocycles. The van der Waals surface area contributed by atoms with Gasteiger partial charge in [-0.2, -0.15) is 0 Å². The summed E-state index contributed by atoms with van der Waals surface area (Å²) < 4.78 is 0. The normalized spacial score (nSPS) is 28.9. The smallest absolute Gasteiger partial charge is 0.241 e. The minimum Gasteiger partial charge on any atom is -0.354 e. The Hall–Kier alpha value is -1.35. The molecule has 0 radical (unpaired) electrons. The van der Waals surface area contributed by atoms with Gasteiger partial charge < -0.3 is 10.6 Å². The highest BCUT2D eigenvalue weighted by Gasteiger charge is 2.27. The molecule has 20 heavy (non-hydrogen) atoms. The van der Waals surface area contributed by atoms with E-state index in [1.165, 1.54) is 24.8 Å². The van der Waals surface area contributed by atoms with Crippen molar-refractivity contribution < 1.29 is 4.79 Å². The molecule has 1 saturated carbocycles. The number of benzene rings is 1. The van der Waals surface area contributed by atoms with Gasteiger partial charge in [-0.25, -0.2) is 0 Å². The van der Waals surface area contributed by atoms with Gasteiger partial charge in [0, 0.05) is 13.1 Å². The van der Waals surface area contributed by atoms with Crippen LogP contribution in [0.2, 0.25) is 0 Å². The van der Waals surface area contributed by atoms with E-state index >= 15 is 0 Å². The lowest BCUT2D eigenvalue weighted by atomic mass is 9.94. The lowest BCUT2D eigenvalue weighted by Crippen LogP contribution is -2.42. The molecule has 2 aliphatic rings. The molecule has 0 spiro atoms. The SMILES string of the molecule is CC1CCC(CNC(=O)C2NCCc3ccccc32)C1. The zero-order chi connectivity index (χ0) is 13.9. The molecule has 3 heteroatoms. The molecule has 1 aromatic rings. The van der Waals surface area contributed by atoms with Gasteiger partial charge in [0.2, 0.25) is 5.91 Å². The van der Waals surface area contributed by atoms with E-state index in [9.17, 15) is 4.79 Å². The first-order valence-electron chi connectivity index (χ1n) is 7.83. The highest BCUT2D eigenvalue weighted by molar-refractivity contribution is 5.83. The van der Waals surface area contributed by atoms with Crippen LogP contribution in [0.1, 0.15) is 43.4 Å². The van der Waals surface area contributed by atoms with E-state index in [2.05, 4.69) is 35.8 Å². The van der Waals surface area contributed by atoms with Crippen molar-refractivity contribution in [3.05, 3.63) is 35.4 Å². The molecule has 0 saturated heterocycles. The molecule has 2 N–H and O–H groups in total. The molecule has 1 heterocycles. The number of hydrogen-bond acceptors (Lipinski definition) is 2. The first kappa shape index (κ1) is 13.6. The number of carbonyl (C=O) groups is 1. The van der Waals surface area contributed by atoms with E-state index in [-0.39, 0.29) is 11.9 Å². The zero-order valence-electron chi connectivity index (χ0n) is 12.2. The highest BCUT2D eigenvalue weighted by Crippen LogP contribution is 2.30. The number of nitrogens with one attached hydrogen (secondary N) is 2. The van der Waals surface area contributed by atoms with Gasteiger partial charge in [0.15, 0.2) is 0 Å². The Morgan fingerprint density at radius 3 is 3.00 bits per heavy atom. The Balaban J connectivity index is 1.60. The zero-order valence-corrected chi connectivity index (χ0v) is 12.2. The maximum atomic E-state index is 12.4. The summed E-state index contributed by atoms with van der Waals surface area (Å²) in [5.41, 5.74) is 2.46. The number of fused-ring (bicyclic) bond motifs is 1. The van der Waals surface area contributed by atoms with Crippen LogP contribution >= 0.6 is 0 Å². The van der Waals surface area contributed by atoms with Crippen LogP contribution in [-0.2, 0) is 11.2 Å². The van der Waals surface area contributed by atoms with Crippen molar-refractivity contribution in [1.29, 1.82) is 0 Å². The third-order valence-electron chi connectivity index (χ3n) is 4.74. The summed E-state index contributed by atoms with van der Waals surface area (Å²) >= 11 is 0. The lowest BCUT2D eigenvalue weighted by molar-refractivity contribution is -0.123. The van der Waals surface area contributed by atoms with Crippen LogP contribution in [-0.4, -0.2) is 19.0 Å². The van der Waals surface area contributed by atoms with Gasteiger partial charge in [0.25, 0.3) is 0 Å². The van der Waals surface area contributed by atoms with E-state index < -0.39 is 0 Å². The van der Waals surface area contributed by atoms with Crippen molar-refractivity contribution in [3.8, 4) is 0 Å². The van der Waals surface area contributed by atoms with E-state index in [1.54, 1.807) is 0 Å². The van der Waals surface area contributed by atoms with Gasteiger partial charge >= 0.3 is 0 Å². The average Bonchev–Trinajstić information content (AvgIpc) is 2.90. The second-order valence-corrected chi connectivity index (χ2v) is 6.37. The first-order valence-corrected chi connectivity index (χ1v) is 7.83. The van der Waals surface area contributed by atoms with Crippen molar-refractivity contribution in [2.75, 3.05) is 13.1 Å². The van der Waals surface area contributed by atoms with Crippen LogP contribution in [0.4, 0.5) is 0 Å². The Morgan fingerprint density at radius 2 is 2.20 bits per heavy atom. The number of hydrogen-bond donors (Lipinski definition) is 2. The first-order chi connectivity index (χ1) is 9.74. The second kappa shape index (κ2) is 5.96. The topological polar surface area (TPSA) is 41.1 Å². The van der Waals surface area contributed by atoms with Crippen molar-refractivity contribution in [1.82, 2.24) is 10.6 Å². The molecule has 1 amide bonds. The van der Waals surface area contributed by atoms with Crippen LogP contribution in [0, 0.1) is 11.8 Å². The Morgan fingerprint density at radius 1 is 1.35 bits per heavy atom. The van der Waals surface area contributed by atoms with Crippen molar-refractivity contribution in [2.45, 2.75) is 38.6 Å². The van der Waals surface area contributed by atoms with E-state index in [0.29, 0.717) is 5.92 Å². The summed E-state index contributed by atoms with van der Waals surface area (Å²) in [5, 5.41) is 6.50. The molecule has 3 nitrogen and oxygen atoms in total. The number of rotatable bonds is 3. The van der Waals surface area contributed by atoms with Crippen LogP contribution in [0.15, 0.2) is 24.3 Å². The minimum atomic E-state index is -0.168. The predicted molar refractivity (Wildman–Crippen MR) is 80.4 cm³/mol. The summed E-state index contributed by atoms with van der Waals surface area (Å²) in [7, 11) is 0. The summed E-state index contributed by atoms with van der Waals surface area (Å²) in [6.07, 6.45) is 4.84. The van der Waals surface area contributed by atoms with Crippen LogP contribution < -0.4 is 10.6 Å². The molecule has 1 aliphatic heterocycles. The monoisotopic (exact) mass is 272 g/mol. The van der Waals surface area contributed by atoms with Crippen molar-refractivity contribution in [2.24, 2.45) is 11.8 Å². The molecule has 108 valence electrons. The minimum absolute atomic E-state index is 0.136. The van der Waals surface area contributed by atoms with Crippen molar-refractivity contribution >= 4 is 5.91 Å². The van der Waals surface area contributed by atoms with Crippen molar-refractivity contribution in [3.63, 3.8) is 0 Å². The largest absolute Gasteiger partial charge is 0.354 e. The van der Waals surface area contributed by atoms with Gasteiger partial charge in [-0.05, 0) is 42.2 Å². The van der Waals surface area contributed by atoms with Gasteiger partial charge in [0.1, 0.15) is 6.04 Å². The van der Waals surface area contributed by atoms with Gasteiger partial charge in [0.05, 0.1) is 0 Å². The maximum absolute atomic E-state index is 12.4. The molecular weight excluding hydrogens is 248 g/mol. The second-order valence-electron chi connectivity index (χ2n) is 6.37. The average molecular weight is 272 g/mol. The molecule has 1 fully saturated rings. The standard InChI is InChI=1S/C17H24N2O/c1-12-6-7-13(10-12)11-19-17(20)16-15-5-3-2-4-14(15)8-9-18-16/h2-5,12-13,16,18H,6-11H2,1H3,(H,19,20). The molecule has 3 atom stereocenters. The van der Waals surface area contributed by atoms with Crippen LogP contribution in [0.25, 0.3) is 0 Å². The Labute approximate surface area is 121 Å². The fourth-order valence-electron chi connectivity index (χ4n) is 3.60. The summed E-state index contributed by atoms with van der Waals surface area (Å²) in [4.78, 5) is 12.4. The third kappa shape index (κ3) is 2.88. The molecule has 3 unspecified atom stereocenters. The van der Waals surface area contributed by atoms with E-state index in [4.69, 9.17) is 0 Å². The highest BCUT2D eigenvalue weighted by atomic mass is 16.2. The van der Waals surface area contributed by atoms with Crippen LogP contribution in [0.3, 0.4) is 0 Å². The predicted octanol–water partition coefficient (Wildman–Crippen LogP) is 2.43. The molecule has 1 aromatic carbocycles. The molecule has 0 bridgehead atoms. The molecule has 3 rings (SSSR count). The number of amides is 1.